The number of likely N-dealkylation sites (N-methyl/N-ethyl adjacent to an activating group) is 1. The standard InChI is InChI=1S/C19H26N4OS/c1-15(16-7-6-10-20-14-16)23(12-11-22(2)3)19(25)21-17-8-5-9-18(13-17)24-4/h5-10,13-15H,11-12H2,1-4H3,(H,21,25)/t15-/m1/s1. The molecular formula is C19H26N4OS. The molecule has 2 rings (SSSR count). The van der Waals surface area contributed by atoms with Crippen LogP contribution in [-0.2, 0) is 0 Å². The van der Waals surface area contributed by atoms with Crippen molar-refractivity contribution in [2.75, 3.05) is 39.6 Å². The van der Waals surface area contributed by atoms with Crippen LogP contribution in [0.4, 0.5) is 5.69 Å². The van der Waals surface area contributed by atoms with E-state index in [-0.39, 0.29) is 6.04 Å². The second-order valence-electron chi connectivity index (χ2n) is 6.12. The summed E-state index contributed by atoms with van der Waals surface area (Å²) in [5, 5.41) is 4.02. The molecule has 1 heterocycles. The third-order valence-corrected chi connectivity index (χ3v) is 4.34. The number of thiocarbonyl (C=S) groups is 1. The van der Waals surface area contributed by atoms with Gasteiger partial charge in [0, 0.05) is 37.2 Å². The molecule has 0 unspecified atom stereocenters. The number of methoxy groups -OCH3 is 1. The van der Waals surface area contributed by atoms with Crippen LogP contribution in [0.25, 0.3) is 0 Å². The SMILES string of the molecule is COc1cccc(NC(=S)N(CCN(C)C)[C@H](C)c2cccnc2)c1. The predicted molar refractivity (Wildman–Crippen MR) is 107 cm³/mol. The zero-order chi connectivity index (χ0) is 18.2. The van der Waals surface area contributed by atoms with Gasteiger partial charge in [-0.25, -0.2) is 0 Å². The molecule has 0 amide bonds. The molecular weight excluding hydrogens is 332 g/mol. The van der Waals surface area contributed by atoms with E-state index in [1.807, 2.05) is 36.5 Å². The third kappa shape index (κ3) is 5.69. The van der Waals surface area contributed by atoms with Gasteiger partial charge in [-0.15, -0.1) is 0 Å². The van der Waals surface area contributed by atoms with Crippen LogP contribution in [0.15, 0.2) is 48.8 Å². The molecule has 0 saturated heterocycles. The van der Waals surface area contributed by atoms with Crippen molar-refractivity contribution in [1.29, 1.82) is 0 Å². The lowest BCUT2D eigenvalue weighted by atomic mass is 10.1. The summed E-state index contributed by atoms with van der Waals surface area (Å²) in [6.07, 6.45) is 3.68. The number of nitrogens with one attached hydrogen (secondary N) is 1. The van der Waals surface area contributed by atoms with Crippen molar-refractivity contribution >= 4 is 23.0 Å². The first-order valence-corrected chi connectivity index (χ1v) is 8.68. The van der Waals surface area contributed by atoms with Crippen molar-refractivity contribution in [2.45, 2.75) is 13.0 Å². The number of hydrogen-bond acceptors (Lipinski definition) is 4. The number of ether oxygens (including phenoxy) is 1. The maximum absolute atomic E-state index is 5.70. The molecule has 0 aliphatic carbocycles. The molecule has 0 radical (unpaired) electrons. The molecule has 2 aromatic rings. The van der Waals surface area contributed by atoms with Crippen molar-refractivity contribution in [3.63, 3.8) is 0 Å². The van der Waals surface area contributed by atoms with E-state index in [2.05, 4.69) is 47.2 Å². The van der Waals surface area contributed by atoms with Gasteiger partial charge in [0.1, 0.15) is 5.75 Å². The monoisotopic (exact) mass is 358 g/mol. The Kier molecular flexibility index (Phi) is 7.16. The summed E-state index contributed by atoms with van der Waals surface area (Å²) < 4.78 is 5.28. The second-order valence-corrected chi connectivity index (χ2v) is 6.51. The topological polar surface area (TPSA) is 40.6 Å². The van der Waals surface area contributed by atoms with Crippen LogP contribution < -0.4 is 10.1 Å². The number of anilines is 1. The Balaban J connectivity index is 2.17. The molecule has 0 aliphatic heterocycles. The summed E-state index contributed by atoms with van der Waals surface area (Å²) in [5.74, 6) is 0.799. The number of benzene rings is 1. The minimum Gasteiger partial charge on any atom is -0.497 e. The van der Waals surface area contributed by atoms with Gasteiger partial charge in [-0.2, -0.15) is 0 Å². The van der Waals surface area contributed by atoms with E-state index < -0.39 is 0 Å². The van der Waals surface area contributed by atoms with Crippen molar-refractivity contribution < 1.29 is 4.74 Å². The Hall–Kier alpha value is -2.18. The third-order valence-electron chi connectivity index (χ3n) is 4.00. The number of aromatic nitrogens is 1. The Morgan fingerprint density at radius 2 is 2.04 bits per heavy atom. The first-order valence-electron chi connectivity index (χ1n) is 8.27. The molecule has 6 heteroatoms. The molecule has 0 fully saturated rings. The van der Waals surface area contributed by atoms with Gasteiger partial charge in [-0.1, -0.05) is 12.1 Å². The van der Waals surface area contributed by atoms with Crippen molar-refractivity contribution in [3.05, 3.63) is 54.4 Å². The van der Waals surface area contributed by atoms with E-state index in [9.17, 15) is 0 Å². The highest BCUT2D eigenvalue weighted by atomic mass is 32.1. The van der Waals surface area contributed by atoms with E-state index in [1.54, 1.807) is 13.3 Å². The molecule has 134 valence electrons. The van der Waals surface area contributed by atoms with Gasteiger partial charge in [0.2, 0.25) is 0 Å². The lowest BCUT2D eigenvalue weighted by molar-refractivity contribution is 0.289. The first kappa shape index (κ1) is 19.1. The van der Waals surface area contributed by atoms with Gasteiger partial charge in [-0.05, 0) is 57.0 Å². The molecule has 0 aliphatic rings. The lowest BCUT2D eigenvalue weighted by Gasteiger charge is -2.33. The van der Waals surface area contributed by atoms with E-state index in [0.717, 1.165) is 30.1 Å². The van der Waals surface area contributed by atoms with Crippen LogP contribution in [0, 0.1) is 0 Å². The summed E-state index contributed by atoms with van der Waals surface area (Å²) >= 11 is 5.70. The first-order chi connectivity index (χ1) is 12.0. The van der Waals surface area contributed by atoms with Crippen LogP contribution in [0.1, 0.15) is 18.5 Å². The maximum Gasteiger partial charge on any atom is 0.173 e. The molecule has 1 N–H and O–H groups in total. The van der Waals surface area contributed by atoms with Crippen LogP contribution in [0.3, 0.4) is 0 Å². The largest absolute Gasteiger partial charge is 0.497 e. The molecule has 0 spiro atoms. The lowest BCUT2D eigenvalue weighted by Crippen LogP contribution is -2.40. The molecule has 25 heavy (non-hydrogen) atoms. The Labute approximate surface area is 155 Å². The molecule has 0 saturated carbocycles. The summed E-state index contributed by atoms with van der Waals surface area (Å²) in [5.41, 5.74) is 2.05. The Bertz CT molecular complexity index is 678. The predicted octanol–water partition coefficient (Wildman–Crippen LogP) is 3.41. The molecule has 1 aromatic carbocycles. The van der Waals surface area contributed by atoms with Crippen LogP contribution in [0.5, 0.6) is 5.75 Å². The Morgan fingerprint density at radius 1 is 1.24 bits per heavy atom. The minimum atomic E-state index is 0.124. The Morgan fingerprint density at radius 3 is 2.68 bits per heavy atom. The molecule has 0 bridgehead atoms. The van der Waals surface area contributed by atoms with Crippen LogP contribution in [-0.4, -0.2) is 54.2 Å². The average molecular weight is 359 g/mol. The summed E-state index contributed by atoms with van der Waals surface area (Å²) in [4.78, 5) is 8.57. The number of rotatable bonds is 7. The van der Waals surface area contributed by atoms with Gasteiger partial charge < -0.3 is 19.9 Å². The normalized spacial score (nSPS) is 11.9. The van der Waals surface area contributed by atoms with Gasteiger partial charge >= 0.3 is 0 Å². The number of pyridine rings is 1. The zero-order valence-electron chi connectivity index (χ0n) is 15.3. The highest BCUT2D eigenvalue weighted by Gasteiger charge is 2.19. The van der Waals surface area contributed by atoms with E-state index in [0.29, 0.717) is 5.11 Å². The maximum atomic E-state index is 5.70. The summed E-state index contributed by atoms with van der Waals surface area (Å²) in [7, 11) is 5.78. The fourth-order valence-corrected chi connectivity index (χ4v) is 2.85. The summed E-state index contributed by atoms with van der Waals surface area (Å²) in [6, 6.07) is 11.9. The van der Waals surface area contributed by atoms with Crippen LogP contribution >= 0.6 is 12.2 Å². The van der Waals surface area contributed by atoms with Gasteiger partial charge in [0.05, 0.1) is 13.2 Å². The highest BCUT2D eigenvalue weighted by Crippen LogP contribution is 2.22. The molecule has 1 atom stereocenters. The van der Waals surface area contributed by atoms with Crippen molar-refractivity contribution in [1.82, 2.24) is 14.8 Å². The van der Waals surface area contributed by atoms with Gasteiger partial charge in [-0.3, -0.25) is 4.98 Å². The fourth-order valence-electron chi connectivity index (χ4n) is 2.48. The van der Waals surface area contributed by atoms with Gasteiger partial charge in [0.25, 0.3) is 0 Å². The van der Waals surface area contributed by atoms with Crippen LogP contribution in [0.2, 0.25) is 0 Å². The fraction of sp³-hybridized carbons (Fsp3) is 0.368. The molecule has 5 nitrogen and oxygen atoms in total. The minimum absolute atomic E-state index is 0.124. The number of nitrogens with zero attached hydrogens (tertiary/aromatic N) is 3. The highest BCUT2D eigenvalue weighted by molar-refractivity contribution is 7.80. The number of hydrogen-bond donors (Lipinski definition) is 1. The van der Waals surface area contributed by atoms with E-state index >= 15 is 0 Å². The van der Waals surface area contributed by atoms with Crippen molar-refractivity contribution in [3.8, 4) is 5.75 Å². The average Bonchev–Trinajstić information content (AvgIpc) is 2.62. The van der Waals surface area contributed by atoms with Gasteiger partial charge in [0.15, 0.2) is 5.11 Å². The van der Waals surface area contributed by atoms with E-state index in [4.69, 9.17) is 17.0 Å². The quantitative estimate of drug-likeness (QED) is 0.765. The smallest absolute Gasteiger partial charge is 0.173 e. The zero-order valence-corrected chi connectivity index (χ0v) is 16.1. The second kappa shape index (κ2) is 9.34. The van der Waals surface area contributed by atoms with Crippen molar-refractivity contribution in [2.24, 2.45) is 0 Å². The molecule has 1 aromatic heterocycles. The summed E-state index contributed by atoms with van der Waals surface area (Å²) in [6.45, 7) is 3.87. The van der Waals surface area contributed by atoms with E-state index in [1.165, 1.54) is 0 Å².